The summed E-state index contributed by atoms with van der Waals surface area (Å²) in [5.74, 6) is 0.625. The van der Waals surface area contributed by atoms with Crippen LogP contribution < -0.4 is 10.6 Å². The summed E-state index contributed by atoms with van der Waals surface area (Å²) in [5.41, 5.74) is 0.771. The maximum Gasteiger partial charge on any atom is 0.226 e. The number of nitrogens with one attached hydrogen (secondary N) is 2. The van der Waals surface area contributed by atoms with Gasteiger partial charge in [0.2, 0.25) is 11.0 Å². The highest BCUT2D eigenvalue weighted by atomic mass is 35.5. The summed E-state index contributed by atoms with van der Waals surface area (Å²) < 4.78 is 0. The normalized spacial score (nSPS) is 16.3. The third kappa shape index (κ3) is 5.69. The number of anilines is 1. The second-order valence-electron chi connectivity index (χ2n) is 5.07. The third-order valence-electron chi connectivity index (χ3n) is 3.50. The molecule has 1 unspecified atom stereocenters. The number of pyridine rings is 1. The molecule has 2 aromatic rings. The zero-order chi connectivity index (χ0) is 14.5. The van der Waals surface area contributed by atoms with E-state index in [9.17, 15) is 4.79 Å². The molecule has 3 heterocycles. The number of carbonyl (C=O) groups excluding carboxylic acids is 1. The van der Waals surface area contributed by atoms with Crippen molar-refractivity contribution in [2.75, 3.05) is 18.4 Å². The zero-order valence-electron chi connectivity index (χ0n) is 12.4. The van der Waals surface area contributed by atoms with Crippen LogP contribution in [0.1, 0.15) is 19.3 Å². The minimum Gasteiger partial charge on any atom is -0.316 e. The molecule has 126 valence electrons. The monoisotopic (exact) mass is 375 g/mol. The Morgan fingerprint density at radius 3 is 2.91 bits per heavy atom. The van der Waals surface area contributed by atoms with E-state index in [1.165, 1.54) is 11.3 Å². The summed E-state index contributed by atoms with van der Waals surface area (Å²) in [6.45, 7) is 2.09. The Hall–Kier alpha value is -1.28. The van der Waals surface area contributed by atoms with Crippen LogP contribution in [0.15, 0.2) is 24.4 Å². The van der Waals surface area contributed by atoms with Crippen molar-refractivity contribution in [1.29, 1.82) is 0 Å². The molecule has 0 radical (unpaired) electrons. The second-order valence-corrected chi connectivity index (χ2v) is 6.05. The van der Waals surface area contributed by atoms with Gasteiger partial charge in [0, 0.05) is 12.6 Å². The molecule has 1 aliphatic heterocycles. The third-order valence-corrected chi connectivity index (χ3v) is 4.36. The van der Waals surface area contributed by atoms with Gasteiger partial charge in [0.1, 0.15) is 5.69 Å². The van der Waals surface area contributed by atoms with Gasteiger partial charge in [-0.3, -0.25) is 9.78 Å². The summed E-state index contributed by atoms with van der Waals surface area (Å²) in [6, 6.07) is 5.63. The largest absolute Gasteiger partial charge is 0.316 e. The number of hydrogen-bond donors (Lipinski definition) is 2. The van der Waals surface area contributed by atoms with Gasteiger partial charge in [0.05, 0.1) is 0 Å². The van der Waals surface area contributed by atoms with Gasteiger partial charge in [-0.25, -0.2) is 0 Å². The van der Waals surface area contributed by atoms with E-state index in [0.29, 0.717) is 22.5 Å². The van der Waals surface area contributed by atoms with Crippen molar-refractivity contribution in [2.45, 2.75) is 19.3 Å². The van der Waals surface area contributed by atoms with Crippen molar-refractivity contribution in [3.63, 3.8) is 0 Å². The highest BCUT2D eigenvalue weighted by molar-refractivity contribution is 7.18. The van der Waals surface area contributed by atoms with Crippen LogP contribution in [0.4, 0.5) is 5.13 Å². The minimum atomic E-state index is 0. The first-order chi connectivity index (χ1) is 10.3. The molecule has 1 atom stereocenters. The molecule has 6 nitrogen and oxygen atoms in total. The van der Waals surface area contributed by atoms with Crippen LogP contribution in [0.5, 0.6) is 0 Å². The lowest BCUT2D eigenvalue weighted by Crippen LogP contribution is -2.14. The molecule has 0 aliphatic carbocycles. The fourth-order valence-corrected chi connectivity index (χ4v) is 3.08. The summed E-state index contributed by atoms with van der Waals surface area (Å²) in [6.07, 6.45) is 4.33. The van der Waals surface area contributed by atoms with Crippen LogP contribution >= 0.6 is 36.2 Å². The van der Waals surface area contributed by atoms with Crippen molar-refractivity contribution in [1.82, 2.24) is 20.5 Å². The smallest absolute Gasteiger partial charge is 0.226 e. The number of carbonyl (C=O) groups is 1. The van der Waals surface area contributed by atoms with E-state index in [1.807, 2.05) is 18.2 Å². The molecular formula is C14H19Cl2N5OS. The standard InChI is InChI=1S/C14H17N5OS.2ClH/c20-12(5-4-10-6-8-15-9-10)17-14-19-18-13(21-14)11-3-1-2-7-16-11;;/h1-3,7,10,15H,4-6,8-9H2,(H,17,19,20);2*1H. The Kier molecular flexibility index (Phi) is 8.40. The van der Waals surface area contributed by atoms with Crippen molar-refractivity contribution < 1.29 is 4.79 Å². The average molecular weight is 376 g/mol. The highest BCUT2D eigenvalue weighted by Crippen LogP contribution is 2.24. The minimum absolute atomic E-state index is 0. The van der Waals surface area contributed by atoms with Gasteiger partial charge in [-0.15, -0.1) is 35.0 Å². The lowest BCUT2D eigenvalue weighted by atomic mass is 10.0. The SMILES string of the molecule is Cl.Cl.O=C(CCC1CCNC1)Nc1nnc(-c2ccccn2)s1. The average Bonchev–Trinajstić information content (AvgIpc) is 3.17. The number of amides is 1. The molecule has 2 aromatic heterocycles. The van der Waals surface area contributed by atoms with Crippen molar-refractivity contribution in [2.24, 2.45) is 5.92 Å². The second kappa shape index (κ2) is 9.77. The first-order valence-corrected chi connectivity index (χ1v) is 7.88. The van der Waals surface area contributed by atoms with E-state index >= 15 is 0 Å². The molecule has 23 heavy (non-hydrogen) atoms. The van der Waals surface area contributed by atoms with E-state index in [0.717, 1.165) is 31.6 Å². The molecule has 0 spiro atoms. The van der Waals surface area contributed by atoms with E-state index < -0.39 is 0 Å². The Balaban J connectivity index is 0.00000132. The van der Waals surface area contributed by atoms with Crippen molar-refractivity contribution in [3.8, 4) is 10.7 Å². The Labute approximate surface area is 151 Å². The van der Waals surface area contributed by atoms with E-state index in [2.05, 4.69) is 25.8 Å². The van der Waals surface area contributed by atoms with E-state index in [4.69, 9.17) is 0 Å². The summed E-state index contributed by atoms with van der Waals surface area (Å²) in [4.78, 5) is 16.1. The maximum atomic E-state index is 11.9. The predicted molar refractivity (Wildman–Crippen MR) is 96.5 cm³/mol. The molecule has 2 N–H and O–H groups in total. The van der Waals surface area contributed by atoms with Crippen molar-refractivity contribution in [3.05, 3.63) is 24.4 Å². The maximum absolute atomic E-state index is 11.9. The van der Waals surface area contributed by atoms with E-state index in [1.54, 1.807) is 6.20 Å². The molecule has 0 aromatic carbocycles. The fraction of sp³-hybridized carbons (Fsp3) is 0.429. The Morgan fingerprint density at radius 2 is 2.22 bits per heavy atom. The number of nitrogens with zero attached hydrogens (tertiary/aromatic N) is 3. The van der Waals surface area contributed by atoms with Gasteiger partial charge in [0.25, 0.3) is 0 Å². The van der Waals surface area contributed by atoms with Crippen molar-refractivity contribution >= 4 is 47.2 Å². The van der Waals surface area contributed by atoms with Gasteiger partial charge < -0.3 is 10.6 Å². The van der Waals surface area contributed by atoms with Crippen LogP contribution in [0, 0.1) is 5.92 Å². The number of halogens is 2. The molecule has 0 bridgehead atoms. The molecular weight excluding hydrogens is 357 g/mol. The van der Waals surface area contributed by atoms with Crippen LogP contribution in [-0.4, -0.2) is 34.2 Å². The number of hydrogen-bond acceptors (Lipinski definition) is 6. The van der Waals surface area contributed by atoms with Gasteiger partial charge in [-0.05, 0) is 44.0 Å². The van der Waals surface area contributed by atoms with Crippen LogP contribution in [0.25, 0.3) is 10.7 Å². The van der Waals surface area contributed by atoms with Crippen LogP contribution in [-0.2, 0) is 4.79 Å². The van der Waals surface area contributed by atoms with Gasteiger partial charge in [-0.1, -0.05) is 17.4 Å². The van der Waals surface area contributed by atoms with Crippen LogP contribution in [0.2, 0.25) is 0 Å². The van der Waals surface area contributed by atoms with Gasteiger partial charge in [0.15, 0.2) is 5.01 Å². The number of rotatable bonds is 5. The zero-order valence-corrected chi connectivity index (χ0v) is 14.8. The summed E-state index contributed by atoms with van der Waals surface area (Å²) in [5, 5.41) is 15.4. The lowest BCUT2D eigenvalue weighted by Gasteiger charge is -2.06. The molecule has 1 saturated heterocycles. The molecule has 0 saturated carbocycles. The predicted octanol–water partition coefficient (Wildman–Crippen LogP) is 2.77. The first kappa shape index (κ1) is 19.8. The Morgan fingerprint density at radius 1 is 1.35 bits per heavy atom. The Bertz CT molecular complexity index is 604. The number of aromatic nitrogens is 3. The summed E-state index contributed by atoms with van der Waals surface area (Å²) in [7, 11) is 0. The van der Waals surface area contributed by atoms with Gasteiger partial charge >= 0.3 is 0 Å². The van der Waals surface area contributed by atoms with Gasteiger partial charge in [-0.2, -0.15) is 0 Å². The van der Waals surface area contributed by atoms with E-state index in [-0.39, 0.29) is 30.7 Å². The fourth-order valence-electron chi connectivity index (χ4n) is 2.34. The first-order valence-electron chi connectivity index (χ1n) is 7.07. The molecule has 1 fully saturated rings. The summed E-state index contributed by atoms with van der Waals surface area (Å²) >= 11 is 1.34. The molecule has 3 rings (SSSR count). The highest BCUT2D eigenvalue weighted by Gasteiger charge is 2.16. The molecule has 9 heteroatoms. The molecule has 1 aliphatic rings. The lowest BCUT2D eigenvalue weighted by molar-refractivity contribution is -0.116. The van der Waals surface area contributed by atoms with Crippen LogP contribution in [0.3, 0.4) is 0 Å². The quantitative estimate of drug-likeness (QED) is 0.839. The topological polar surface area (TPSA) is 79.8 Å². The molecule has 1 amide bonds.